The minimum atomic E-state index is -0.869. The summed E-state index contributed by atoms with van der Waals surface area (Å²) < 4.78 is 6.15. The highest BCUT2D eigenvalue weighted by molar-refractivity contribution is 9.10. The number of ether oxygens (including phenoxy) is 1. The molecule has 0 aliphatic heterocycles. The Morgan fingerprint density at radius 1 is 1.32 bits per heavy atom. The number of aldehydes is 1. The predicted octanol–water partition coefficient (Wildman–Crippen LogP) is 3.64. The molecule has 1 unspecified atom stereocenters. The third-order valence-corrected chi connectivity index (χ3v) is 3.17. The molecule has 0 aromatic heterocycles. The van der Waals surface area contributed by atoms with E-state index in [0.29, 0.717) is 0 Å². The Morgan fingerprint density at radius 3 is 2.42 bits per heavy atom. The van der Waals surface area contributed by atoms with Crippen LogP contribution < -0.4 is 0 Å². The summed E-state index contributed by atoms with van der Waals surface area (Å²) in [4.78, 5) is 23.3. The normalized spacial score (nSPS) is 14.6. The smallest absolute Gasteiger partial charge is 0.307 e. The molecule has 0 saturated carbocycles. The lowest BCUT2D eigenvalue weighted by molar-refractivity contribution is -0.156. The second-order valence-electron chi connectivity index (χ2n) is 5.81. The van der Waals surface area contributed by atoms with E-state index in [1.54, 1.807) is 6.92 Å². The Morgan fingerprint density at radius 2 is 1.95 bits per heavy atom. The lowest BCUT2D eigenvalue weighted by Gasteiger charge is -2.26. The molecule has 3 nitrogen and oxygen atoms in total. The van der Waals surface area contributed by atoms with E-state index >= 15 is 0 Å². The summed E-state index contributed by atoms with van der Waals surface area (Å²) in [5.74, 6) is -0.373. The maximum absolute atomic E-state index is 11.9. The van der Waals surface area contributed by atoms with E-state index in [9.17, 15) is 9.59 Å². The first-order chi connectivity index (χ1) is 8.66. The van der Waals surface area contributed by atoms with Gasteiger partial charge in [0.05, 0.1) is 11.8 Å². The monoisotopic (exact) mass is 326 g/mol. The highest BCUT2D eigenvalue weighted by Gasteiger charge is 2.31. The van der Waals surface area contributed by atoms with E-state index in [0.717, 1.165) is 16.3 Å². The molecule has 0 bridgehead atoms. The molecule has 0 aliphatic carbocycles. The highest BCUT2D eigenvalue weighted by atomic mass is 79.9. The van der Waals surface area contributed by atoms with Gasteiger partial charge in [-0.2, -0.15) is 0 Å². The molecule has 1 rings (SSSR count). The molecular formula is C15H19BrO3. The van der Waals surface area contributed by atoms with Crippen LogP contribution in [0.25, 0.3) is 0 Å². The van der Waals surface area contributed by atoms with Crippen molar-refractivity contribution in [2.75, 3.05) is 0 Å². The van der Waals surface area contributed by atoms with Crippen molar-refractivity contribution < 1.29 is 14.3 Å². The molecule has 0 saturated heterocycles. The van der Waals surface area contributed by atoms with Crippen molar-refractivity contribution >= 4 is 28.2 Å². The van der Waals surface area contributed by atoms with Crippen LogP contribution in [0.1, 0.15) is 39.7 Å². The van der Waals surface area contributed by atoms with Crippen LogP contribution in [0.3, 0.4) is 0 Å². The number of carbonyl (C=O) groups excluding carboxylic acids is 2. The zero-order valence-electron chi connectivity index (χ0n) is 11.7. The first kappa shape index (κ1) is 15.9. The van der Waals surface area contributed by atoms with Gasteiger partial charge in [0.2, 0.25) is 0 Å². The van der Waals surface area contributed by atoms with Gasteiger partial charge >= 0.3 is 5.97 Å². The van der Waals surface area contributed by atoms with Gasteiger partial charge in [-0.3, -0.25) is 4.79 Å². The van der Waals surface area contributed by atoms with Gasteiger partial charge in [-0.05, 0) is 45.4 Å². The van der Waals surface area contributed by atoms with E-state index in [2.05, 4.69) is 15.9 Å². The zero-order chi connectivity index (χ0) is 14.7. The third kappa shape index (κ3) is 4.78. The van der Waals surface area contributed by atoms with Crippen LogP contribution in [0, 0.1) is 0 Å². The summed E-state index contributed by atoms with van der Waals surface area (Å²) in [6.45, 7) is 7.17. The maximum Gasteiger partial charge on any atom is 0.307 e. The fourth-order valence-corrected chi connectivity index (χ4v) is 2.13. The molecule has 104 valence electrons. The lowest BCUT2D eigenvalue weighted by Crippen LogP contribution is -2.32. The second-order valence-corrected chi connectivity index (χ2v) is 6.72. The fraction of sp³-hybridized carbons (Fsp3) is 0.467. The standard InChI is InChI=1S/C15H19BrO3/c1-14(2,3)19-13(18)9-15(4,10-17)11-6-5-7-12(16)8-11/h5-8,10H,9H2,1-4H3. The van der Waals surface area contributed by atoms with E-state index in [1.165, 1.54) is 0 Å². The minimum absolute atomic E-state index is 0.0320. The van der Waals surface area contributed by atoms with E-state index < -0.39 is 11.0 Å². The zero-order valence-corrected chi connectivity index (χ0v) is 13.3. The van der Waals surface area contributed by atoms with Crippen LogP contribution in [0.4, 0.5) is 0 Å². The molecule has 0 heterocycles. The van der Waals surface area contributed by atoms with Gasteiger partial charge in [0.1, 0.15) is 11.9 Å². The van der Waals surface area contributed by atoms with Crippen LogP contribution in [-0.2, 0) is 19.7 Å². The number of rotatable bonds is 4. The summed E-state index contributed by atoms with van der Waals surface area (Å²) in [5.41, 5.74) is -0.618. The predicted molar refractivity (Wildman–Crippen MR) is 78.0 cm³/mol. The molecule has 19 heavy (non-hydrogen) atoms. The Bertz CT molecular complexity index is 477. The Hall–Kier alpha value is -1.16. The number of hydrogen-bond acceptors (Lipinski definition) is 3. The van der Waals surface area contributed by atoms with Crippen LogP contribution in [0.15, 0.2) is 28.7 Å². The molecular weight excluding hydrogens is 308 g/mol. The molecule has 0 amide bonds. The topological polar surface area (TPSA) is 43.4 Å². The van der Waals surface area contributed by atoms with Crippen LogP contribution in [0.5, 0.6) is 0 Å². The Balaban J connectivity index is 2.93. The second kappa shape index (κ2) is 5.87. The summed E-state index contributed by atoms with van der Waals surface area (Å²) in [6, 6.07) is 7.40. The largest absolute Gasteiger partial charge is 0.460 e. The van der Waals surface area contributed by atoms with Crippen molar-refractivity contribution in [2.45, 2.75) is 45.1 Å². The van der Waals surface area contributed by atoms with E-state index in [-0.39, 0.29) is 12.4 Å². The number of benzene rings is 1. The number of esters is 1. The minimum Gasteiger partial charge on any atom is -0.460 e. The first-order valence-electron chi connectivity index (χ1n) is 6.10. The van der Waals surface area contributed by atoms with Crippen molar-refractivity contribution in [1.82, 2.24) is 0 Å². The molecule has 1 atom stereocenters. The molecule has 0 radical (unpaired) electrons. The van der Waals surface area contributed by atoms with Gasteiger partial charge in [-0.1, -0.05) is 28.1 Å². The van der Waals surface area contributed by atoms with Gasteiger partial charge in [-0.25, -0.2) is 0 Å². The van der Waals surface area contributed by atoms with Gasteiger partial charge in [0, 0.05) is 4.47 Å². The third-order valence-electron chi connectivity index (χ3n) is 2.68. The van der Waals surface area contributed by atoms with Gasteiger partial charge < -0.3 is 9.53 Å². The SMILES string of the molecule is CC(C)(C)OC(=O)CC(C)(C=O)c1cccc(Br)c1. The summed E-state index contributed by atoms with van der Waals surface area (Å²) >= 11 is 3.37. The first-order valence-corrected chi connectivity index (χ1v) is 6.90. The van der Waals surface area contributed by atoms with Crippen molar-refractivity contribution in [3.8, 4) is 0 Å². The van der Waals surface area contributed by atoms with Crippen molar-refractivity contribution in [3.63, 3.8) is 0 Å². The molecule has 1 aromatic carbocycles. The highest BCUT2D eigenvalue weighted by Crippen LogP contribution is 2.28. The Kier molecular flexibility index (Phi) is 4.91. The summed E-state index contributed by atoms with van der Waals surface area (Å²) in [7, 11) is 0. The van der Waals surface area contributed by atoms with Crippen LogP contribution in [0.2, 0.25) is 0 Å². The van der Waals surface area contributed by atoms with Gasteiger partial charge in [0.25, 0.3) is 0 Å². The van der Waals surface area contributed by atoms with Crippen molar-refractivity contribution in [1.29, 1.82) is 0 Å². The number of halogens is 1. The lowest BCUT2D eigenvalue weighted by atomic mass is 9.81. The maximum atomic E-state index is 11.9. The van der Waals surface area contributed by atoms with Gasteiger partial charge in [-0.15, -0.1) is 0 Å². The summed E-state index contributed by atoms with van der Waals surface area (Å²) in [5, 5.41) is 0. The molecule has 0 fully saturated rings. The Labute approximate surface area is 122 Å². The molecule has 0 aliphatic rings. The molecule has 1 aromatic rings. The number of hydrogen-bond donors (Lipinski definition) is 0. The fourth-order valence-electron chi connectivity index (χ4n) is 1.73. The molecule has 0 N–H and O–H groups in total. The molecule has 4 heteroatoms. The average Bonchev–Trinajstić information content (AvgIpc) is 2.26. The van der Waals surface area contributed by atoms with Crippen LogP contribution >= 0.6 is 15.9 Å². The molecule has 0 spiro atoms. The quantitative estimate of drug-likeness (QED) is 0.626. The van der Waals surface area contributed by atoms with Gasteiger partial charge in [0.15, 0.2) is 0 Å². The van der Waals surface area contributed by atoms with Crippen molar-refractivity contribution in [2.24, 2.45) is 0 Å². The number of carbonyl (C=O) groups is 2. The van der Waals surface area contributed by atoms with E-state index in [1.807, 2.05) is 45.0 Å². The van der Waals surface area contributed by atoms with Crippen molar-refractivity contribution in [3.05, 3.63) is 34.3 Å². The summed E-state index contributed by atoms with van der Waals surface area (Å²) in [6.07, 6.45) is 0.836. The van der Waals surface area contributed by atoms with Crippen LogP contribution in [-0.4, -0.2) is 17.9 Å². The van der Waals surface area contributed by atoms with E-state index in [4.69, 9.17) is 4.74 Å². The average molecular weight is 327 g/mol.